The lowest BCUT2D eigenvalue weighted by Crippen LogP contribution is -2.31. The largest absolute Gasteiger partial charge is 0.484 e. The fourth-order valence-electron chi connectivity index (χ4n) is 2.15. The predicted molar refractivity (Wildman–Crippen MR) is 84.9 cm³/mol. The summed E-state index contributed by atoms with van der Waals surface area (Å²) >= 11 is 0. The summed E-state index contributed by atoms with van der Waals surface area (Å²) in [5.74, 6) is -1.46. The number of ether oxygens (including phenoxy) is 1. The predicted octanol–water partition coefficient (Wildman–Crippen LogP) is 3.42. The Morgan fingerprint density at radius 3 is 2.38 bits per heavy atom. The molecule has 1 unspecified atom stereocenters. The first-order chi connectivity index (χ1) is 11.4. The van der Waals surface area contributed by atoms with Crippen LogP contribution in [0.15, 0.2) is 42.5 Å². The van der Waals surface area contributed by atoms with Crippen molar-refractivity contribution in [2.75, 3.05) is 6.61 Å². The summed E-state index contributed by atoms with van der Waals surface area (Å²) in [6, 6.07) is 8.95. The van der Waals surface area contributed by atoms with Crippen LogP contribution in [0.3, 0.4) is 0 Å². The lowest BCUT2D eigenvalue weighted by molar-refractivity contribution is -0.123. The molecule has 2 rings (SSSR count). The molecule has 24 heavy (non-hydrogen) atoms. The van der Waals surface area contributed by atoms with Crippen molar-refractivity contribution in [2.24, 2.45) is 0 Å². The average Bonchev–Trinajstić information content (AvgIpc) is 2.53. The van der Waals surface area contributed by atoms with Gasteiger partial charge in [-0.1, -0.05) is 6.07 Å². The van der Waals surface area contributed by atoms with E-state index < -0.39 is 23.6 Å². The molecule has 0 aromatic heterocycles. The molecule has 2 aromatic rings. The van der Waals surface area contributed by atoms with Crippen LogP contribution in [0.4, 0.5) is 8.78 Å². The number of rotatable bonds is 6. The summed E-state index contributed by atoms with van der Waals surface area (Å²) in [5.41, 5.74) is 0.739. The Bertz CT molecular complexity index is 744. The van der Waals surface area contributed by atoms with E-state index >= 15 is 0 Å². The zero-order valence-corrected chi connectivity index (χ0v) is 13.3. The number of carbonyl (C=O) groups is 2. The molecule has 0 fully saturated rings. The number of hydrogen-bond acceptors (Lipinski definition) is 3. The molecule has 1 atom stereocenters. The molecule has 0 aliphatic rings. The number of nitrogens with one attached hydrogen (secondary N) is 1. The number of hydrogen-bond donors (Lipinski definition) is 1. The minimum absolute atomic E-state index is 0.0607. The fraction of sp³-hybridized carbons (Fsp3) is 0.222. The SMILES string of the molecule is CC(=O)c1ccc(OCC(=O)NC(C)c2ccc(F)cc2F)cc1. The number of ketones is 1. The number of amides is 1. The number of Topliss-reactive ketones (excluding diaryl/α,β-unsaturated/α-hetero) is 1. The van der Waals surface area contributed by atoms with Gasteiger partial charge in [0.05, 0.1) is 6.04 Å². The van der Waals surface area contributed by atoms with E-state index in [0.717, 1.165) is 12.1 Å². The van der Waals surface area contributed by atoms with Gasteiger partial charge >= 0.3 is 0 Å². The topological polar surface area (TPSA) is 55.4 Å². The molecular weight excluding hydrogens is 316 g/mol. The Hall–Kier alpha value is -2.76. The van der Waals surface area contributed by atoms with Crippen LogP contribution in [-0.4, -0.2) is 18.3 Å². The molecule has 2 aromatic carbocycles. The summed E-state index contributed by atoms with van der Waals surface area (Å²) in [5, 5.41) is 2.58. The molecule has 1 amide bonds. The third-order valence-electron chi connectivity index (χ3n) is 3.44. The Kier molecular flexibility index (Phi) is 5.63. The van der Waals surface area contributed by atoms with E-state index in [4.69, 9.17) is 4.74 Å². The third kappa shape index (κ3) is 4.62. The summed E-state index contributed by atoms with van der Waals surface area (Å²) in [7, 11) is 0. The van der Waals surface area contributed by atoms with Crippen LogP contribution in [0.1, 0.15) is 35.8 Å². The van der Waals surface area contributed by atoms with Crippen LogP contribution in [0, 0.1) is 11.6 Å². The highest BCUT2D eigenvalue weighted by Gasteiger charge is 2.14. The second kappa shape index (κ2) is 7.68. The van der Waals surface area contributed by atoms with Gasteiger partial charge in [0.15, 0.2) is 12.4 Å². The molecule has 1 N–H and O–H groups in total. The monoisotopic (exact) mass is 333 g/mol. The van der Waals surface area contributed by atoms with E-state index in [2.05, 4.69) is 5.32 Å². The summed E-state index contributed by atoms with van der Waals surface area (Å²) in [4.78, 5) is 23.0. The minimum Gasteiger partial charge on any atom is -0.484 e. The molecule has 0 radical (unpaired) electrons. The normalized spacial score (nSPS) is 11.7. The number of halogens is 2. The highest BCUT2D eigenvalue weighted by Crippen LogP contribution is 2.18. The molecule has 0 aliphatic heterocycles. The maximum Gasteiger partial charge on any atom is 0.258 e. The van der Waals surface area contributed by atoms with Crippen molar-refractivity contribution < 1.29 is 23.1 Å². The van der Waals surface area contributed by atoms with E-state index in [-0.39, 0.29) is 18.0 Å². The Morgan fingerprint density at radius 1 is 1.12 bits per heavy atom. The van der Waals surface area contributed by atoms with Crippen LogP contribution in [0.5, 0.6) is 5.75 Å². The Labute approximate surface area is 138 Å². The quantitative estimate of drug-likeness (QED) is 0.824. The smallest absolute Gasteiger partial charge is 0.258 e. The summed E-state index contributed by atoms with van der Waals surface area (Å²) < 4.78 is 31.9. The van der Waals surface area contributed by atoms with Gasteiger partial charge in [-0.25, -0.2) is 8.78 Å². The van der Waals surface area contributed by atoms with Crippen LogP contribution < -0.4 is 10.1 Å². The van der Waals surface area contributed by atoms with E-state index in [1.807, 2.05) is 0 Å². The molecular formula is C18H17F2NO3. The number of carbonyl (C=O) groups excluding carboxylic acids is 2. The fourth-order valence-corrected chi connectivity index (χ4v) is 2.15. The van der Waals surface area contributed by atoms with E-state index in [9.17, 15) is 18.4 Å². The van der Waals surface area contributed by atoms with Crippen LogP contribution in [-0.2, 0) is 4.79 Å². The van der Waals surface area contributed by atoms with E-state index in [0.29, 0.717) is 11.3 Å². The van der Waals surface area contributed by atoms with Gasteiger partial charge in [0, 0.05) is 17.2 Å². The third-order valence-corrected chi connectivity index (χ3v) is 3.44. The molecule has 126 valence electrons. The van der Waals surface area contributed by atoms with Crippen molar-refractivity contribution in [2.45, 2.75) is 19.9 Å². The van der Waals surface area contributed by atoms with E-state index in [1.54, 1.807) is 31.2 Å². The van der Waals surface area contributed by atoms with Crippen molar-refractivity contribution in [3.8, 4) is 5.75 Å². The summed E-state index contributed by atoms with van der Waals surface area (Å²) in [6.45, 7) is 2.79. The van der Waals surface area contributed by atoms with Crippen LogP contribution in [0.2, 0.25) is 0 Å². The lowest BCUT2D eigenvalue weighted by Gasteiger charge is -2.15. The van der Waals surface area contributed by atoms with Crippen molar-refractivity contribution in [1.29, 1.82) is 0 Å². The highest BCUT2D eigenvalue weighted by atomic mass is 19.1. The zero-order chi connectivity index (χ0) is 17.7. The first kappa shape index (κ1) is 17.6. The first-order valence-electron chi connectivity index (χ1n) is 7.35. The van der Waals surface area contributed by atoms with Gasteiger partial charge in [0.1, 0.15) is 17.4 Å². The highest BCUT2D eigenvalue weighted by molar-refractivity contribution is 5.94. The summed E-state index contributed by atoms with van der Waals surface area (Å²) in [6.07, 6.45) is 0. The van der Waals surface area contributed by atoms with Crippen molar-refractivity contribution >= 4 is 11.7 Å². The molecule has 0 saturated heterocycles. The van der Waals surface area contributed by atoms with Gasteiger partial charge in [-0.05, 0) is 44.2 Å². The minimum atomic E-state index is -0.719. The molecule has 0 bridgehead atoms. The molecule has 0 saturated carbocycles. The molecule has 4 nitrogen and oxygen atoms in total. The van der Waals surface area contributed by atoms with E-state index in [1.165, 1.54) is 13.0 Å². The van der Waals surface area contributed by atoms with Gasteiger partial charge in [-0.15, -0.1) is 0 Å². The second-order valence-corrected chi connectivity index (χ2v) is 5.32. The van der Waals surface area contributed by atoms with Gasteiger partial charge in [-0.2, -0.15) is 0 Å². The average molecular weight is 333 g/mol. The van der Waals surface area contributed by atoms with Gasteiger partial charge in [-0.3, -0.25) is 9.59 Å². The van der Waals surface area contributed by atoms with Crippen molar-refractivity contribution in [1.82, 2.24) is 5.32 Å². The van der Waals surface area contributed by atoms with Crippen LogP contribution in [0.25, 0.3) is 0 Å². The number of benzene rings is 2. The van der Waals surface area contributed by atoms with Crippen LogP contribution >= 0.6 is 0 Å². The molecule has 6 heteroatoms. The standard InChI is InChI=1S/C18H17F2NO3/c1-11(16-8-5-14(19)9-17(16)20)21-18(23)10-24-15-6-3-13(4-7-15)12(2)22/h3-9,11H,10H2,1-2H3,(H,21,23). The van der Waals surface area contributed by atoms with Crippen molar-refractivity contribution in [3.63, 3.8) is 0 Å². The Balaban J connectivity index is 1.89. The molecule has 0 spiro atoms. The second-order valence-electron chi connectivity index (χ2n) is 5.32. The zero-order valence-electron chi connectivity index (χ0n) is 13.3. The van der Waals surface area contributed by atoms with Gasteiger partial charge in [0.25, 0.3) is 5.91 Å². The van der Waals surface area contributed by atoms with Gasteiger partial charge < -0.3 is 10.1 Å². The molecule has 0 aliphatic carbocycles. The molecule has 0 heterocycles. The van der Waals surface area contributed by atoms with Crippen molar-refractivity contribution in [3.05, 3.63) is 65.2 Å². The first-order valence-corrected chi connectivity index (χ1v) is 7.35. The maximum absolute atomic E-state index is 13.7. The maximum atomic E-state index is 13.7. The lowest BCUT2D eigenvalue weighted by atomic mass is 10.1. The van der Waals surface area contributed by atoms with Gasteiger partial charge in [0.2, 0.25) is 0 Å². The Morgan fingerprint density at radius 2 is 1.79 bits per heavy atom.